The fourth-order valence-corrected chi connectivity index (χ4v) is 3.15. The zero-order chi connectivity index (χ0) is 14.5. The lowest BCUT2D eigenvalue weighted by atomic mass is 9.95. The van der Waals surface area contributed by atoms with Crippen molar-refractivity contribution in [2.45, 2.75) is 44.3 Å². The molecule has 1 aromatic rings. The zero-order valence-corrected chi connectivity index (χ0v) is 12.5. The fourth-order valence-electron chi connectivity index (χ4n) is 3.15. The third-order valence-corrected chi connectivity index (χ3v) is 4.30. The van der Waals surface area contributed by atoms with E-state index in [2.05, 4.69) is 24.0 Å². The van der Waals surface area contributed by atoms with Crippen LogP contribution in [0, 0.1) is 0 Å². The first-order valence-electron chi connectivity index (χ1n) is 7.47. The average Bonchev–Trinajstić information content (AvgIpc) is 2.95. The molecule has 0 bridgehead atoms. The van der Waals surface area contributed by atoms with Gasteiger partial charge in [0.05, 0.1) is 19.8 Å². The molecule has 1 aliphatic heterocycles. The number of aliphatic hydroxyl groups excluding tert-OH is 1. The van der Waals surface area contributed by atoms with Gasteiger partial charge in [-0.2, -0.15) is 0 Å². The van der Waals surface area contributed by atoms with Crippen LogP contribution in [0.1, 0.15) is 37.8 Å². The Kier molecular flexibility index (Phi) is 5.40. The highest BCUT2D eigenvalue weighted by Crippen LogP contribution is 2.33. The fraction of sp³-hybridized carbons (Fsp3) is 0.625. The molecule has 2 rings (SSSR count). The smallest absolute Gasteiger partial charge is 0.119 e. The summed E-state index contributed by atoms with van der Waals surface area (Å²) in [5, 5.41) is 9.58. The van der Waals surface area contributed by atoms with Gasteiger partial charge in [0.2, 0.25) is 0 Å². The second-order valence-electron chi connectivity index (χ2n) is 5.51. The van der Waals surface area contributed by atoms with Gasteiger partial charge in [-0.3, -0.25) is 4.90 Å². The summed E-state index contributed by atoms with van der Waals surface area (Å²) in [6.07, 6.45) is 3.09. The molecule has 3 unspecified atom stereocenters. The molecule has 4 heteroatoms. The van der Waals surface area contributed by atoms with Gasteiger partial charge in [-0.15, -0.1) is 0 Å². The lowest BCUT2D eigenvalue weighted by Gasteiger charge is -2.36. The zero-order valence-electron chi connectivity index (χ0n) is 12.5. The van der Waals surface area contributed by atoms with E-state index in [-0.39, 0.29) is 24.7 Å². The molecular formula is C16H26N2O2. The summed E-state index contributed by atoms with van der Waals surface area (Å²) in [4.78, 5) is 2.36. The number of nitrogens with zero attached hydrogens (tertiary/aromatic N) is 1. The normalized spacial score (nSPS) is 22.7. The summed E-state index contributed by atoms with van der Waals surface area (Å²) in [7, 11) is 1.68. The maximum absolute atomic E-state index is 9.58. The monoisotopic (exact) mass is 278 g/mol. The molecular weight excluding hydrogens is 252 g/mol. The van der Waals surface area contributed by atoms with Gasteiger partial charge in [-0.25, -0.2) is 0 Å². The van der Waals surface area contributed by atoms with E-state index in [0.717, 1.165) is 31.6 Å². The lowest BCUT2D eigenvalue weighted by Crippen LogP contribution is -2.44. The van der Waals surface area contributed by atoms with Crippen molar-refractivity contribution < 1.29 is 9.84 Å². The van der Waals surface area contributed by atoms with Gasteiger partial charge in [0, 0.05) is 12.1 Å². The van der Waals surface area contributed by atoms with E-state index in [1.165, 1.54) is 5.56 Å². The maximum Gasteiger partial charge on any atom is 0.119 e. The van der Waals surface area contributed by atoms with Crippen LogP contribution in [0.25, 0.3) is 0 Å². The Balaban J connectivity index is 2.31. The van der Waals surface area contributed by atoms with Crippen LogP contribution >= 0.6 is 0 Å². The van der Waals surface area contributed by atoms with E-state index in [1.54, 1.807) is 7.11 Å². The van der Waals surface area contributed by atoms with E-state index in [1.807, 2.05) is 12.1 Å². The van der Waals surface area contributed by atoms with Crippen molar-refractivity contribution in [2.75, 3.05) is 20.3 Å². The van der Waals surface area contributed by atoms with Crippen LogP contribution < -0.4 is 10.5 Å². The Bertz CT molecular complexity index is 425. The number of nitrogens with two attached hydrogens (primary N) is 1. The summed E-state index contributed by atoms with van der Waals surface area (Å²) in [6, 6.07) is 8.56. The highest BCUT2D eigenvalue weighted by atomic mass is 16.5. The Morgan fingerprint density at radius 1 is 1.50 bits per heavy atom. The van der Waals surface area contributed by atoms with Crippen molar-refractivity contribution in [3.63, 3.8) is 0 Å². The average molecular weight is 278 g/mol. The third-order valence-electron chi connectivity index (χ3n) is 4.30. The number of hydrogen-bond donors (Lipinski definition) is 2. The summed E-state index contributed by atoms with van der Waals surface area (Å²) in [5.41, 5.74) is 7.55. The molecule has 0 spiro atoms. The van der Waals surface area contributed by atoms with Crippen molar-refractivity contribution in [1.82, 2.24) is 4.90 Å². The first-order chi connectivity index (χ1) is 9.71. The van der Waals surface area contributed by atoms with Crippen LogP contribution in [0.15, 0.2) is 24.3 Å². The molecule has 20 heavy (non-hydrogen) atoms. The minimum Gasteiger partial charge on any atom is -0.497 e. The maximum atomic E-state index is 9.58. The largest absolute Gasteiger partial charge is 0.497 e. The highest BCUT2D eigenvalue weighted by Gasteiger charge is 2.34. The van der Waals surface area contributed by atoms with E-state index in [4.69, 9.17) is 10.5 Å². The molecule has 1 saturated heterocycles. The molecule has 1 aromatic carbocycles. The molecule has 3 atom stereocenters. The van der Waals surface area contributed by atoms with Crippen molar-refractivity contribution in [1.29, 1.82) is 0 Å². The van der Waals surface area contributed by atoms with Gasteiger partial charge in [-0.05, 0) is 43.5 Å². The van der Waals surface area contributed by atoms with Crippen molar-refractivity contribution in [3.8, 4) is 5.75 Å². The first-order valence-corrected chi connectivity index (χ1v) is 7.47. The summed E-state index contributed by atoms with van der Waals surface area (Å²) in [6.45, 7) is 3.32. The molecule has 0 saturated carbocycles. The minimum absolute atomic E-state index is 0.0641. The van der Waals surface area contributed by atoms with Crippen LogP contribution in [0.2, 0.25) is 0 Å². The summed E-state index contributed by atoms with van der Waals surface area (Å²) < 4.78 is 5.33. The minimum atomic E-state index is 0.0641. The second kappa shape index (κ2) is 7.07. The van der Waals surface area contributed by atoms with Crippen LogP contribution in [-0.4, -0.2) is 42.4 Å². The number of hydrogen-bond acceptors (Lipinski definition) is 4. The third kappa shape index (κ3) is 3.14. The van der Waals surface area contributed by atoms with Crippen LogP contribution in [0.5, 0.6) is 5.75 Å². The summed E-state index contributed by atoms with van der Waals surface area (Å²) in [5.74, 6) is 0.857. The molecule has 1 heterocycles. The number of ether oxygens (including phenoxy) is 1. The molecule has 4 nitrogen and oxygen atoms in total. The first kappa shape index (κ1) is 15.3. The van der Waals surface area contributed by atoms with E-state index in [0.29, 0.717) is 0 Å². The Hall–Kier alpha value is -1.10. The summed E-state index contributed by atoms with van der Waals surface area (Å²) >= 11 is 0. The van der Waals surface area contributed by atoms with Gasteiger partial charge in [0.25, 0.3) is 0 Å². The Labute approximate surface area is 121 Å². The molecule has 112 valence electrons. The van der Waals surface area contributed by atoms with E-state index >= 15 is 0 Å². The molecule has 1 fully saturated rings. The molecule has 0 amide bonds. The molecule has 1 aliphatic rings. The second-order valence-corrected chi connectivity index (χ2v) is 5.51. The lowest BCUT2D eigenvalue weighted by molar-refractivity contribution is 0.104. The van der Waals surface area contributed by atoms with Crippen LogP contribution in [0.3, 0.4) is 0 Å². The molecule has 0 aliphatic carbocycles. The molecule has 0 aromatic heterocycles. The van der Waals surface area contributed by atoms with E-state index < -0.39 is 0 Å². The number of methoxy groups -OCH3 is 1. The van der Waals surface area contributed by atoms with Gasteiger partial charge in [0.15, 0.2) is 0 Å². The quantitative estimate of drug-likeness (QED) is 0.835. The Morgan fingerprint density at radius 2 is 2.30 bits per heavy atom. The number of benzene rings is 1. The van der Waals surface area contributed by atoms with Gasteiger partial charge in [0.1, 0.15) is 5.75 Å². The SMILES string of the molecule is CCC(N)C(c1cccc(OC)c1)N1CCCC1CO. The topological polar surface area (TPSA) is 58.7 Å². The standard InChI is InChI=1S/C16H26N2O2/c1-3-15(17)16(18-9-5-7-13(18)11-19)12-6-4-8-14(10-12)20-2/h4,6,8,10,13,15-16,19H,3,5,7,9,11,17H2,1-2H3. The predicted molar refractivity (Wildman–Crippen MR) is 80.8 cm³/mol. The molecule has 0 radical (unpaired) electrons. The van der Waals surface area contributed by atoms with Crippen molar-refractivity contribution in [3.05, 3.63) is 29.8 Å². The van der Waals surface area contributed by atoms with E-state index in [9.17, 15) is 5.11 Å². The number of rotatable bonds is 6. The number of likely N-dealkylation sites (tertiary alicyclic amines) is 1. The van der Waals surface area contributed by atoms with Gasteiger partial charge < -0.3 is 15.6 Å². The highest BCUT2D eigenvalue weighted by molar-refractivity contribution is 5.31. The van der Waals surface area contributed by atoms with Crippen LogP contribution in [0.4, 0.5) is 0 Å². The van der Waals surface area contributed by atoms with Crippen molar-refractivity contribution in [2.24, 2.45) is 5.73 Å². The Morgan fingerprint density at radius 3 is 2.95 bits per heavy atom. The van der Waals surface area contributed by atoms with Gasteiger partial charge >= 0.3 is 0 Å². The molecule has 3 N–H and O–H groups in total. The predicted octanol–water partition coefficient (Wildman–Crippen LogP) is 1.93. The van der Waals surface area contributed by atoms with Gasteiger partial charge in [-0.1, -0.05) is 19.1 Å². The van der Waals surface area contributed by atoms with Crippen LogP contribution in [-0.2, 0) is 0 Å². The number of aliphatic hydroxyl groups is 1. The van der Waals surface area contributed by atoms with Crippen molar-refractivity contribution >= 4 is 0 Å².